The lowest BCUT2D eigenvalue weighted by Crippen LogP contribution is -2.36. The second-order valence-electron chi connectivity index (χ2n) is 9.51. The van der Waals surface area contributed by atoms with Crippen LogP contribution in [0.25, 0.3) is 0 Å². The van der Waals surface area contributed by atoms with Crippen molar-refractivity contribution in [3.63, 3.8) is 0 Å². The van der Waals surface area contributed by atoms with E-state index in [0.717, 1.165) is 36.8 Å². The minimum absolute atomic E-state index is 0.220. The largest absolute Gasteiger partial charge is 0.465 e. The van der Waals surface area contributed by atoms with Gasteiger partial charge in [0.25, 0.3) is 0 Å². The number of hydrogen-bond donors (Lipinski definition) is 0. The third kappa shape index (κ3) is 9.34. The van der Waals surface area contributed by atoms with Gasteiger partial charge in [-0.05, 0) is 56.4 Å². The molecule has 1 aromatic carbocycles. The maximum Gasteiger partial charge on any atom is 0.315 e. The number of aryl methyl sites for hydroxylation is 2. The Kier molecular flexibility index (Phi) is 12.4. The molecule has 0 radical (unpaired) electrons. The van der Waals surface area contributed by atoms with Gasteiger partial charge in [-0.1, -0.05) is 83.6 Å². The van der Waals surface area contributed by atoms with Gasteiger partial charge < -0.3 is 9.47 Å². The van der Waals surface area contributed by atoms with E-state index in [1.807, 2.05) is 32.0 Å². The van der Waals surface area contributed by atoms with Crippen LogP contribution in [0.1, 0.15) is 108 Å². The molecule has 0 aliphatic heterocycles. The molecule has 0 N–H and O–H groups in total. The summed E-state index contributed by atoms with van der Waals surface area (Å²) in [6, 6.07) is 5.66. The van der Waals surface area contributed by atoms with E-state index in [0.29, 0.717) is 25.2 Å². The number of rotatable bonds is 14. The van der Waals surface area contributed by atoms with E-state index < -0.39 is 5.92 Å². The quantitative estimate of drug-likeness (QED) is 0.169. The van der Waals surface area contributed by atoms with Gasteiger partial charge >= 0.3 is 11.9 Å². The smallest absolute Gasteiger partial charge is 0.315 e. The summed E-state index contributed by atoms with van der Waals surface area (Å²) in [6.45, 7) is 6.74. The van der Waals surface area contributed by atoms with Crippen molar-refractivity contribution in [3.05, 3.63) is 29.3 Å². The second kappa shape index (κ2) is 15.1. The molecule has 4 heteroatoms. The first-order valence-corrected chi connectivity index (χ1v) is 13.0. The fraction of sp³-hybridized carbons (Fsp3) is 0.714. The monoisotopic (exact) mass is 444 g/mol. The molecular formula is C28H44O4. The zero-order chi connectivity index (χ0) is 23.2. The Labute approximate surface area is 195 Å². The van der Waals surface area contributed by atoms with E-state index in [2.05, 4.69) is 6.92 Å². The predicted molar refractivity (Wildman–Crippen MR) is 130 cm³/mol. The highest BCUT2D eigenvalue weighted by atomic mass is 16.5. The molecule has 4 nitrogen and oxygen atoms in total. The first-order chi connectivity index (χ1) is 15.5. The van der Waals surface area contributed by atoms with Crippen LogP contribution in [0.4, 0.5) is 0 Å². The third-order valence-electron chi connectivity index (χ3n) is 6.81. The number of ether oxygens (including phenoxy) is 2. The summed E-state index contributed by atoms with van der Waals surface area (Å²) < 4.78 is 11.2. The number of carbonyl (C=O) groups is 2. The molecule has 0 spiro atoms. The molecule has 1 saturated carbocycles. The van der Waals surface area contributed by atoms with E-state index in [4.69, 9.17) is 9.47 Å². The van der Waals surface area contributed by atoms with Crippen molar-refractivity contribution in [2.75, 3.05) is 6.61 Å². The molecule has 1 aromatic rings. The van der Waals surface area contributed by atoms with Gasteiger partial charge in [-0.15, -0.1) is 0 Å². The lowest BCUT2D eigenvalue weighted by molar-refractivity contribution is -0.158. The molecule has 0 heterocycles. The zero-order valence-electron chi connectivity index (χ0n) is 20.6. The van der Waals surface area contributed by atoms with Gasteiger partial charge in [0.15, 0.2) is 0 Å². The first-order valence-electron chi connectivity index (χ1n) is 13.0. The standard InChI is InChI=1S/C28H44O4/c1-4-5-6-7-8-9-10-11-12-15-20-31-27(29)25-16-13-14-17-26(25)28(30)32-24-19-18-22(2)23(3)21-24/h18-19,21,25-26H,4-17,20H2,1-3H3. The summed E-state index contributed by atoms with van der Waals surface area (Å²) in [5.74, 6) is -0.728. The molecule has 1 fully saturated rings. The maximum atomic E-state index is 12.8. The highest BCUT2D eigenvalue weighted by Gasteiger charge is 2.38. The predicted octanol–water partition coefficient (Wildman–Crippen LogP) is 7.48. The molecule has 1 aliphatic carbocycles. The average Bonchev–Trinajstić information content (AvgIpc) is 2.79. The van der Waals surface area contributed by atoms with Gasteiger partial charge in [0.1, 0.15) is 5.75 Å². The van der Waals surface area contributed by atoms with Crippen molar-refractivity contribution in [1.82, 2.24) is 0 Å². The second-order valence-corrected chi connectivity index (χ2v) is 9.51. The Hall–Kier alpha value is -1.84. The number of unbranched alkanes of at least 4 members (excludes halogenated alkanes) is 9. The fourth-order valence-corrected chi connectivity index (χ4v) is 4.53. The molecule has 0 saturated heterocycles. The number of hydrogen-bond acceptors (Lipinski definition) is 4. The number of carbonyl (C=O) groups excluding carboxylic acids is 2. The van der Waals surface area contributed by atoms with Crippen LogP contribution < -0.4 is 4.74 Å². The Bertz CT molecular complexity index is 697. The van der Waals surface area contributed by atoms with Crippen molar-refractivity contribution in [1.29, 1.82) is 0 Å². The Morgan fingerprint density at radius 3 is 1.94 bits per heavy atom. The highest BCUT2D eigenvalue weighted by molar-refractivity contribution is 5.83. The van der Waals surface area contributed by atoms with E-state index in [-0.39, 0.29) is 17.9 Å². The van der Waals surface area contributed by atoms with Crippen molar-refractivity contribution in [2.24, 2.45) is 11.8 Å². The normalized spacial score (nSPS) is 18.3. The molecule has 180 valence electrons. The molecule has 0 aromatic heterocycles. The first kappa shape index (κ1) is 26.4. The fourth-order valence-electron chi connectivity index (χ4n) is 4.53. The van der Waals surface area contributed by atoms with Crippen molar-refractivity contribution in [2.45, 2.75) is 111 Å². The lowest BCUT2D eigenvalue weighted by atomic mass is 9.79. The number of esters is 2. The number of benzene rings is 1. The maximum absolute atomic E-state index is 12.8. The van der Waals surface area contributed by atoms with E-state index in [1.165, 1.54) is 51.4 Å². The minimum atomic E-state index is -0.398. The van der Waals surface area contributed by atoms with Gasteiger partial charge in [-0.3, -0.25) is 9.59 Å². The van der Waals surface area contributed by atoms with E-state index in [9.17, 15) is 9.59 Å². The zero-order valence-corrected chi connectivity index (χ0v) is 20.6. The summed E-state index contributed by atoms with van der Waals surface area (Å²) in [5, 5.41) is 0. The van der Waals surface area contributed by atoms with Gasteiger partial charge in [0.05, 0.1) is 18.4 Å². The molecule has 0 amide bonds. The molecule has 1 aliphatic rings. The topological polar surface area (TPSA) is 52.6 Å². The van der Waals surface area contributed by atoms with Crippen LogP contribution >= 0.6 is 0 Å². The van der Waals surface area contributed by atoms with Crippen molar-refractivity contribution >= 4 is 11.9 Å². The van der Waals surface area contributed by atoms with Crippen LogP contribution in [0.15, 0.2) is 18.2 Å². The molecule has 0 bridgehead atoms. The summed E-state index contributed by atoms with van der Waals surface area (Å²) >= 11 is 0. The van der Waals surface area contributed by atoms with Crippen LogP contribution in [0.3, 0.4) is 0 Å². The summed E-state index contributed by atoms with van der Waals surface area (Å²) in [7, 11) is 0. The van der Waals surface area contributed by atoms with Gasteiger partial charge in [0, 0.05) is 0 Å². The Morgan fingerprint density at radius 2 is 1.34 bits per heavy atom. The minimum Gasteiger partial charge on any atom is -0.465 e. The SMILES string of the molecule is CCCCCCCCCCCCOC(=O)C1CCCCC1C(=O)Oc1ccc(C)c(C)c1. The average molecular weight is 445 g/mol. The van der Waals surface area contributed by atoms with Crippen LogP contribution in [0.2, 0.25) is 0 Å². The van der Waals surface area contributed by atoms with Crippen molar-refractivity contribution in [3.8, 4) is 5.75 Å². The van der Waals surface area contributed by atoms with E-state index in [1.54, 1.807) is 0 Å². The Morgan fingerprint density at radius 1 is 0.781 bits per heavy atom. The summed E-state index contributed by atoms with van der Waals surface area (Å²) in [4.78, 5) is 25.5. The molecular weight excluding hydrogens is 400 g/mol. The van der Waals surface area contributed by atoms with Crippen LogP contribution in [0.5, 0.6) is 5.75 Å². The molecule has 2 atom stereocenters. The van der Waals surface area contributed by atoms with Gasteiger partial charge in [-0.2, -0.15) is 0 Å². The van der Waals surface area contributed by atoms with Crippen LogP contribution in [-0.4, -0.2) is 18.5 Å². The van der Waals surface area contributed by atoms with Crippen LogP contribution in [0, 0.1) is 25.7 Å². The Balaban J connectivity index is 1.67. The third-order valence-corrected chi connectivity index (χ3v) is 6.81. The molecule has 32 heavy (non-hydrogen) atoms. The molecule has 2 unspecified atom stereocenters. The van der Waals surface area contributed by atoms with Crippen molar-refractivity contribution < 1.29 is 19.1 Å². The van der Waals surface area contributed by atoms with Gasteiger partial charge in [-0.25, -0.2) is 0 Å². The van der Waals surface area contributed by atoms with Crippen LogP contribution in [-0.2, 0) is 14.3 Å². The molecule has 2 rings (SSSR count). The van der Waals surface area contributed by atoms with Gasteiger partial charge in [0.2, 0.25) is 0 Å². The lowest BCUT2D eigenvalue weighted by Gasteiger charge is -2.28. The van der Waals surface area contributed by atoms with E-state index >= 15 is 0 Å². The highest BCUT2D eigenvalue weighted by Crippen LogP contribution is 2.33. The summed E-state index contributed by atoms with van der Waals surface area (Å²) in [5.41, 5.74) is 2.25. The summed E-state index contributed by atoms with van der Waals surface area (Å²) in [6.07, 6.45) is 15.9.